The Hall–Kier alpha value is -1.60. The summed E-state index contributed by atoms with van der Waals surface area (Å²) in [5.74, 6) is -0.220. The summed E-state index contributed by atoms with van der Waals surface area (Å²) in [6, 6.07) is 9.95. The van der Waals surface area contributed by atoms with Crippen molar-refractivity contribution in [3.05, 3.63) is 57.6 Å². The van der Waals surface area contributed by atoms with E-state index in [1.165, 1.54) is 25.2 Å². The first-order chi connectivity index (χ1) is 12.5. The molecule has 0 spiro atoms. The molecule has 8 heteroatoms. The van der Waals surface area contributed by atoms with Gasteiger partial charge in [0.25, 0.3) is 0 Å². The summed E-state index contributed by atoms with van der Waals surface area (Å²) in [6.45, 7) is 5.61. The number of benzene rings is 2. The average molecular weight is 429 g/mol. The molecule has 0 heterocycles. The lowest BCUT2D eigenvalue weighted by atomic mass is 9.98. The van der Waals surface area contributed by atoms with Gasteiger partial charge in [-0.1, -0.05) is 55.2 Å². The number of halogens is 2. The van der Waals surface area contributed by atoms with Crippen molar-refractivity contribution in [3.63, 3.8) is 0 Å². The van der Waals surface area contributed by atoms with E-state index in [0.29, 0.717) is 5.69 Å². The third-order valence-electron chi connectivity index (χ3n) is 4.14. The number of para-hydroxylation sites is 1. The minimum Gasteiger partial charge on any atom is -0.324 e. The second-order valence-corrected chi connectivity index (χ2v) is 9.43. The molecule has 27 heavy (non-hydrogen) atoms. The number of hydrogen-bond acceptors (Lipinski definition) is 3. The van der Waals surface area contributed by atoms with Crippen LogP contribution in [-0.2, 0) is 14.8 Å². The summed E-state index contributed by atoms with van der Waals surface area (Å²) in [6.07, 6.45) is 0. The molecule has 0 aliphatic carbocycles. The van der Waals surface area contributed by atoms with E-state index in [2.05, 4.69) is 5.32 Å². The van der Waals surface area contributed by atoms with Crippen LogP contribution in [0.15, 0.2) is 41.3 Å². The van der Waals surface area contributed by atoms with Crippen molar-refractivity contribution in [1.29, 1.82) is 0 Å². The standard InChI is InChI=1S/C19H22Cl2N2O3S/c1-12(2)15-7-5-6-13(3)19(15)22-18(24)11-23(4)27(25,26)17-10-14(20)8-9-16(17)21/h5-10,12H,11H2,1-4H3,(H,22,24). The SMILES string of the molecule is Cc1cccc(C(C)C)c1NC(=O)CN(C)S(=O)(=O)c1cc(Cl)ccc1Cl. The van der Waals surface area contributed by atoms with E-state index in [-0.39, 0.29) is 27.4 Å². The van der Waals surface area contributed by atoms with Gasteiger partial charge in [0.15, 0.2) is 0 Å². The van der Waals surface area contributed by atoms with Gasteiger partial charge in [0, 0.05) is 17.8 Å². The fourth-order valence-corrected chi connectivity index (χ4v) is 4.51. The highest BCUT2D eigenvalue weighted by molar-refractivity contribution is 7.89. The van der Waals surface area contributed by atoms with E-state index >= 15 is 0 Å². The molecule has 0 aliphatic heterocycles. The third kappa shape index (κ3) is 5.02. The van der Waals surface area contributed by atoms with Gasteiger partial charge < -0.3 is 5.32 Å². The molecule has 0 saturated carbocycles. The van der Waals surface area contributed by atoms with Gasteiger partial charge in [-0.3, -0.25) is 4.79 Å². The number of sulfonamides is 1. The van der Waals surface area contributed by atoms with Crippen LogP contribution in [0.25, 0.3) is 0 Å². The van der Waals surface area contributed by atoms with Crippen molar-refractivity contribution in [2.24, 2.45) is 0 Å². The molecule has 0 radical (unpaired) electrons. The summed E-state index contributed by atoms with van der Waals surface area (Å²) >= 11 is 11.9. The molecule has 0 bridgehead atoms. The smallest absolute Gasteiger partial charge is 0.244 e. The van der Waals surface area contributed by atoms with Gasteiger partial charge in [-0.15, -0.1) is 0 Å². The number of carbonyl (C=O) groups is 1. The number of rotatable bonds is 6. The number of likely N-dealkylation sites (N-methyl/N-ethyl adjacent to an activating group) is 1. The first kappa shape index (κ1) is 21.7. The van der Waals surface area contributed by atoms with Crippen LogP contribution in [0.4, 0.5) is 5.69 Å². The molecule has 0 aliphatic rings. The van der Waals surface area contributed by atoms with Gasteiger partial charge in [-0.2, -0.15) is 4.31 Å². The van der Waals surface area contributed by atoms with Gasteiger partial charge in [-0.25, -0.2) is 8.42 Å². The number of carbonyl (C=O) groups excluding carboxylic acids is 1. The molecule has 146 valence electrons. The van der Waals surface area contributed by atoms with Crippen molar-refractivity contribution in [2.75, 3.05) is 18.9 Å². The highest BCUT2D eigenvalue weighted by Gasteiger charge is 2.26. The number of aryl methyl sites for hydroxylation is 1. The van der Waals surface area contributed by atoms with Gasteiger partial charge >= 0.3 is 0 Å². The molecular weight excluding hydrogens is 407 g/mol. The fraction of sp³-hybridized carbons (Fsp3) is 0.316. The van der Waals surface area contributed by atoms with Crippen LogP contribution in [0, 0.1) is 6.92 Å². The van der Waals surface area contributed by atoms with Crippen molar-refractivity contribution < 1.29 is 13.2 Å². The third-order valence-corrected chi connectivity index (χ3v) is 6.66. The van der Waals surface area contributed by atoms with Gasteiger partial charge in [0.05, 0.1) is 11.6 Å². The zero-order valence-electron chi connectivity index (χ0n) is 15.6. The van der Waals surface area contributed by atoms with E-state index in [9.17, 15) is 13.2 Å². The molecule has 0 atom stereocenters. The Balaban J connectivity index is 2.22. The van der Waals surface area contributed by atoms with E-state index in [1.807, 2.05) is 39.0 Å². The zero-order chi connectivity index (χ0) is 20.4. The largest absolute Gasteiger partial charge is 0.324 e. The number of nitrogens with one attached hydrogen (secondary N) is 1. The number of hydrogen-bond donors (Lipinski definition) is 1. The summed E-state index contributed by atoms with van der Waals surface area (Å²) < 4.78 is 26.4. The Kier molecular flexibility index (Phi) is 6.92. The predicted octanol–water partition coefficient (Wildman–Crippen LogP) is 4.68. The molecule has 2 rings (SSSR count). The molecule has 2 aromatic carbocycles. The molecule has 0 aromatic heterocycles. The van der Waals surface area contributed by atoms with Crippen molar-refractivity contribution in [3.8, 4) is 0 Å². The lowest BCUT2D eigenvalue weighted by Crippen LogP contribution is -2.35. The van der Waals surface area contributed by atoms with Crippen LogP contribution in [0.2, 0.25) is 10.0 Å². The molecule has 0 saturated heterocycles. The predicted molar refractivity (Wildman–Crippen MR) is 110 cm³/mol. The first-order valence-corrected chi connectivity index (χ1v) is 10.5. The van der Waals surface area contributed by atoms with Crippen molar-refractivity contribution in [1.82, 2.24) is 4.31 Å². The Morgan fingerprint density at radius 2 is 1.85 bits per heavy atom. The maximum absolute atomic E-state index is 12.7. The zero-order valence-corrected chi connectivity index (χ0v) is 17.9. The van der Waals surface area contributed by atoms with Crippen LogP contribution < -0.4 is 5.32 Å². The topological polar surface area (TPSA) is 66.5 Å². The minimum absolute atomic E-state index is 0.0488. The summed E-state index contributed by atoms with van der Waals surface area (Å²) in [5.41, 5.74) is 2.62. The molecule has 1 amide bonds. The van der Waals surface area contributed by atoms with Crippen molar-refractivity contribution >= 4 is 44.8 Å². The normalized spacial score (nSPS) is 11.9. The minimum atomic E-state index is -3.96. The lowest BCUT2D eigenvalue weighted by molar-refractivity contribution is -0.116. The van der Waals surface area contributed by atoms with Gasteiger partial charge in [-0.05, 0) is 42.2 Å². The van der Waals surface area contributed by atoms with E-state index in [1.54, 1.807) is 0 Å². The van der Waals surface area contributed by atoms with E-state index in [0.717, 1.165) is 15.4 Å². The second-order valence-electron chi connectivity index (χ2n) is 6.58. The first-order valence-electron chi connectivity index (χ1n) is 8.34. The maximum atomic E-state index is 12.7. The quantitative estimate of drug-likeness (QED) is 0.725. The van der Waals surface area contributed by atoms with Crippen molar-refractivity contribution in [2.45, 2.75) is 31.6 Å². The molecule has 1 N–H and O–H groups in total. The Bertz CT molecular complexity index is 959. The van der Waals surface area contributed by atoms with Crippen LogP contribution in [-0.4, -0.2) is 32.2 Å². The number of nitrogens with zero attached hydrogens (tertiary/aromatic N) is 1. The molecule has 2 aromatic rings. The monoisotopic (exact) mass is 428 g/mol. The Morgan fingerprint density at radius 1 is 1.19 bits per heavy atom. The van der Waals surface area contributed by atoms with E-state index in [4.69, 9.17) is 23.2 Å². The van der Waals surface area contributed by atoms with Gasteiger partial charge in [0.1, 0.15) is 4.90 Å². The molecule has 5 nitrogen and oxygen atoms in total. The number of amides is 1. The van der Waals surface area contributed by atoms with Crippen LogP contribution in [0.3, 0.4) is 0 Å². The molecular formula is C19H22Cl2N2O3S. The summed E-state index contributed by atoms with van der Waals surface area (Å²) in [7, 11) is -2.63. The van der Waals surface area contributed by atoms with Crippen LogP contribution >= 0.6 is 23.2 Å². The lowest BCUT2D eigenvalue weighted by Gasteiger charge is -2.20. The number of anilines is 1. The molecule has 0 unspecified atom stereocenters. The highest BCUT2D eigenvalue weighted by atomic mass is 35.5. The Morgan fingerprint density at radius 3 is 2.48 bits per heavy atom. The van der Waals surface area contributed by atoms with Crippen LogP contribution in [0.5, 0.6) is 0 Å². The highest BCUT2D eigenvalue weighted by Crippen LogP contribution is 2.29. The Labute approximate surface area is 170 Å². The van der Waals surface area contributed by atoms with Gasteiger partial charge in [0.2, 0.25) is 15.9 Å². The average Bonchev–Trinajstić information content (AvgIpc) is 2.58. The summed E-state index contributed by atoms with van der Waals surface area (Å²) in [4.78, 5) is 12.4. The second kappa shape index (κ2) is 8.61. The maximum Gasteiger partial charge on any atom is 0.244 e. The summed E-state index contributed by atoms with van der Waals surface area (Å²) in [5, 5.41) is 3.13. The van der Waals surface area contributed by atoms with Crippen LogP contribution in [0.1, 0.15) is 30.9 Å². The van der Waals surface area contributed by atoms with E-state index < -0.39 is 15.9 Å². The fourth-order valence-electron chi connectivity index (χ4n) is 2.65. The molecule has 0 fully saturated rings.